The highest BCUT2D eigenvalue weighted by Crippen LogP contribution is 2.42. The number of ketones is 2. The minimum Gasteiger partial charge on any atom is -0.326 e. The van der Waals surface area contributed by atoms with E-state index in [0.717, 1.165) is 38.1 Å². The number of carbonyl (C=O) groups excluding carboxylic acids is 4. The van der Waals surface area contributed by atoms with Crippen LogP contribution in [0.4, 0.5) is 22.7 Å². The number of nitro benzene ring substituents is 2. The summed E-state index contributed by atoms with van der Waals surface area (Å²) >= 11 is 0. The number of nitro groups is 2. The fourth-order valence-corrected chi connectivity index (χ4v) is 3.26. The molecule has 152 valence electrons. The number of anilines is 2. The average molecular weight is 412 g/mol. The third-order valence-electron chi connectivity index (χ3n) is 4.29. The maximum atomic E-state index is 13.3. The number of nitrogens with one attached hydrogen (secondary N) is 2. The molecule has 2 amide bonds. The van der Waals surface area contributed by atoms with Gasteiger partial charge in [-0.2, -0.15) is 0 Å². The van der Waals surface area contributed by atoms with E-state index in [4.69, 9.17) is 0 Å². The number of hydrogen-bond acceptors (Lipinski definition) is 8. The summed E-state index contributed by atoms with van der Waals surface area (Å²) in [5.74, 6) is -3.35. The third-order valence-corrected chi connectivity index (χ3v) is 4.29. The van der Waals surface area contributed by atoms with Gasteiger partial charge in [0.05, 0.1) is 32.3 Å². The molecule has 0 spiro atoms. The molecule has 30 heavy (non-hydrogen) atoms. The summed E-state index contributed by atoms with van der Waals surface area (Å²) in [6.07, 6.45) is 0. The van der Waals surface area contributed by atoms with Crippen LogP contribution in [0.1, 0.15) is 45.7 Å². The zero-order valence-corrected chi connectivity index (χ0v) is 15.5. The van der Waals surface area contributed by atoms with Crippen molar-refractivity contribution in [2.24, 2.45) is 0 Å². The molecule has 12 heteroatoms. The highest BCUT2D eigenvalue weighted by molar-refractivity contribution is 6.35. The quantitative estimate of drug-likeness (QED) is 0.483. The van der Waals surface area contributed by atoms with Gasteiger partial charge < -0.3 is 10.6 Å². The Kier molecular flexibility index (Phi) is 4.84. The zero-order chi connectivity index (χ0) is 22.3. The standard InChI is InChI=1S/C18H12N4O8/c1-7(23)19-9-3-5-11(21(27)28)15-13(9)17(25)14-10(20-8(2)24)4-6-12(22(29)30)16(14)18(15)26/h3-6H,1-2H3,(H,19,23)(H,20,24). The number of nitrogens with zero attached hydrogens (tertiary/aromatic N) is 2. The van der Waals surface area contributed by atoms with Crippen molar-refractivity contribution in [3.8, 4) is 0 Å². The number of hydrogen-bond donors (Lipinski definition) is 2. The molecule has 0 heterocycles. The number of fused-ring (bicyclic) bond motifs is 2. The Labute approximate surface area is 167 Å². The number of rotatable bonds is 4. The van der Waals surface area contributed by atoms with Crippen LogP contribution < -0.4 is 10.6 Å². The van der Waals surface area contributed by atoms with E-state index in [0.29, 0.717) is 0 Å². The number of amides is 2. The SMILES string of the molecule is CC(=O)Nc1ccc([N+](=O)[O-])c2c1C(=O)c1c(NC(C)=O)ccc([N+](=O)[O-])c1C2=O. The number of benzene rings is 2. The van der Waals surface area contributed by atoms with E-state index < -0.39 is 66.9 Å². The van der Waals surface area contributed by atoms with Crippen LogP contribution >= 0.6 is 0 Å². The molecule has 0 unspecified atom stereocenters. The largest absolute Gasteiger partial charge is 0.326 e. The van der Waals surface area contributed by atoms with E-state index in [-0.39, 0.29) is 11.4 Å². The van der Waals surface area contributed by atoms with Gasteiger partial charge in [0.2, 0.25) is 17.6 Å². The van der Waals surface area contributed by atoms with Crippen molar-refractivity contribution >= 4 is 46.1 Å². The van der Waals surface area contributed by atoms with Gasteiger partial charge in [0, 0.05) is 26.0 Å². The normalized spacial score (nSPS) is 11.9. The molecular weight excluding hydrogens is 400 g/mol. The Balaban J connectivity index is 2.45. The predicted molar refractivity (Wildman–Crippen MR) is 102 cm³/mol. The summed E-state index contributed by atoms with van der Waals surface area (Å²) in [5.41, 5.74) is -4.16. The summed E-state index contributed by atoms with van der Waals surface area (Å²) in [4.78, 5) is 70.7. The molecule has 0 fully saturated rings. The van der Waals surface area contributed by atoms with Crippen LogP contribution in [0.25, 0.3) is 0 Å². The van der Waals surface area contributed by atoms with Gasteiger partial charge in [0.25, 0.3) is 11.4 Å². The molecule has 2 aromatic rings. The minimum absolute atomic E-state index is 0.174. The lowest BCUT2D eigenvalue weighted by molar-refractivity contribution is -0.385. The highest BCUT2D eigenvalue weighted by atomic mass is 16.6. The molecule has 0 saturated heterocycles. The Morgan fingerprint density at radius 3 is 1.33 bits per heavy atom. The van der Waals surface area contributed by atoms with E-state index in [2.05, 4.69) is 10.6 Å². The first-order valence-electron chi connectivity index (χ1n) is 8.32. The molecule has 3 rings (SSSR count). The first-order valence-corrected chi connectivity index (χ1v) is 8.32. The Bertz CT molecular complexity index is 1110. The lowest BCUT2D eigenvalue weighted by Crippen LogP contribution is -2.27. The molecule has 1 aliphatic rings. The molecule has 0 aliphatic heterocycles. The van der Waals surface area contributed by atoms with Gasteiger partial charge in [0.15, 0.2) is 5.78 Å². The van der Waals surface area contributed by atoms with Crippen LogP contribution in [0.15, 0.2) is 24.3 Å². The van der Waals surface area contributed by atoms with E-state index in [1.807, 2.05) is 0 Å². The van der Waals surface area contributed by atoms with Gasteiger partial charge in [-0.1, -0.05) is 0 Å². The first-order chi connectivity index (χ1) is 14.0. The van der Waals surface area contributed by atoms with Gasteiger partial charge in [-0.3, -0.25) is 39.4 Å². The van der Waals surface area contributed by atoms with Crippen molar-refractivity contribution in [3.05, 3.63) is 66.7 Å². The van der Waals surface area contributed by atoms with Gasteiger partial charge >= 0.3 is 0 Å². The summed E-state index contributed by atoms with van der Waals surface area (Å²) < 4.78 is 0. The molecule has 0 aromatic heterocycles. The van der Waals surface area contributed by atoms with Gasteiger partial charge in [0.1, 0.15) is 11.1 Å². The Morgan fingerprint density at radius 1 is 0.700 bits per heavy atom. The van der Waals surface area contributed by atoms with E-state index in [1.165, 1.54) is 0 Å². The molecule has 0 saturated carbocycles. The molecular formula is C18H12N4O8. The van der Waals surface area contributed by atoms with Crippen LogP contribution in [-0.4, -0.2) is 33.2 Å². The van der Waals surface area contributed by atoms with Crippen molar-refractivity contribution in [1.29, 1.82) is 0 Å². The van der Waals surface area contributed by atoms with Gasteiger partial charge in [-0.25, -0.2) is 0 Å². The van der Waals surface area contributed by atoms with Crippen molar-refractivity contribution in [2.75, 3.05) is 10.6 Å². The summed E-state index contributed by atoms with van der Waals surface area (Å²) in [5, 5.41) is 27.6. The van der Waals surface area contributed by atoms with E-state index >= 15 is 0 Å². The third kappa shape index (κ3) is 3.15. The van der Waals surface area contributed by atoms with Crippen LogP contribution in [0, 0.1) is 20.2 Å². The van der Waals surface area contributed by atoms with Gasteiger partial charge in [-0.05, 0) is 12.1 Å². The maximum Gasteiger partial charge on any atom is 0.281 e. The van der Waals surface area contributed by atoms with Crippen LogP contribution in [0.5, 0.6) is 0 Å². The average Bonchev–Trinajstić information content (AvgIpc) is 2.64. The Hall–Kier alpha value is -4.48. The lowest BCUT2D eigenvalue weighted by Gasteiger charge is -2.22. The molecule has 1 aliphatic carbocycles. The highest BCUT2D eigenvalue weighted by Gasteiger charge is 2.43. The molecule has 2 aromatic carbocycles. The maximum absolute atomic E-state index is 13.3. The lowest BCUT2D eigenvalue weighted by atomic mass is 9.80. The van der Waals surface area contributed by atoms with Crippen molar-refractivity contribution in [3.63, 3.8) is 0 Å². The Morgan fingerprint density at radius 2 is 1.03 bits per heavy atom. The molecule has 2 N–H and O–H groups in total. The monoisotopic (exact) mass is 412 g/mol. The van der Waals surface area contributed by atoms with E-state index in [1.54, 1.807) is 0 Å². The molecule has 12 nitrogen and oxygen atoms in total. The summed E-state index contributed by atoms with van der Waals surface area (Å²) in [7, 11) is 0. The number of carbonyl (C=O) groups is 4. The fraction of sp³-hybridized carbons (Fsp3) is 0.111. The van der Waals surface area contributed by atoms with Crippen LogP contribution in [0.2, 0.25) is 0 Å². The minimum atomic E-state index is -1.14. The predicted octanol–water partition coefficient (Wildman–Crippen LogP) is 2.20. The molecule has 0 radical (unpaired) electrons. The second-order valence-corrected chi connectivity index (χ2v) is 6.30. The van der Waals surface area contributed by atoms with Crippen LogP contribution in [-0.2, 0) is 9.59 Å². The summed E-state index contributed by atoms with van der Waals surface area (Å²) in [6, 6.07) is 4.02. The van der Waals surface area contributed by atoms with Crippen molar-refractivity contribution in [2.45, 2.75) is 13.8 Å². The van der Waals surface area contributed by atoms with E-state index in [9.17, 15) is 39.4 Å². The topological polar surface area (TPSA) is 179 Å². The second kappa shape index (κ2) is 7.16. The van der Waals surface area contributed by atoms with Crippen LogP contribution in [0.3, 0.4) is 0 Å². The molecule has 0 bridgehead atoms. The zero-order valence-electron chi connectivity index (χ0n) is 15.5. The second-order valence-electron chi connectivity index (χ2n) is 6.30. The first kappa shape index (κ1) is 20.3. The summed E-state index contributed by atoms with van der Waals surface area (Å²) in [6.45, 7) is 2.26. The fourth-order valence-electron chi connectivity index (χ4n) is 3.26. The van der Waals surface area contributed by atoms with Gasteiger partial charge in [-0.15, -0.1) is 0 Å². The molecule has 0 atom stereocenters. The smallest absolute Gasteiger partial charge is 0.281 e. The van der Waals surface area contributed by atoms with Crippen molar-refractivity contribution in [1.82, 2.24) is 0 Å². The van der Waals surface area contributed by atoms with Crippen molar-refractivity contribution < 1.29 is 29.0 Å².